The van der Waals surface area contributed by atoms with Gasteiger partial charge < -0.3 is 0 Å². The SMILES string of the molecule is CCc1cnc(C#N)cc1CC. The van der Waals surface area contributed by atoms with Crippen LogP contribution in [0.3, 0.4) is 0 Å². The first-order valence-electron chi connectivity index (χ1n) is 4.19. The number of hydrogen-bond acceptors (Lipinski definition) is 2. The average Bonchev–Trinajstić information content (AvgIpc) is 2.16. The Labute approximate surface area is 72.9 Å². The molecule has 0 atom stereocenters. The number of nitriles is 1. The van der Waals surface area contributed by atoms with Gasteiger partial charge in [0.25, 0.3) is 0 Å². The van der Waals surface area contributed by atoms with Crippen molar-refractivity contribution in [2.45, 2.75) is 26.7 Å². The summed E-state index contributed by atoms with van der Waals surface area (Å²) in [7, 11) is 0. The van der Waals surface area contributed by atoms with E-state index in [2.05, 4.69) is 18.8 Å². The third kappa shape index (κ3) is 1.62. The predicted octanol–water partition coefficient (Wildman–Crippen LogP) is 2.08. The zero-order chi connectivity index (χ0) is 8.97. The summed E-state index contributed by atoms with van der Waals surface area (Å²) in [4.78, 5) is 4.02. The number of hydrogen-bond donors (Lipinski definition) is 0. The van der Waals surface area contributed by atoms with Gasteiger partial charge in [0.15, 0.2) is 0 Å². The van der Waals surface area contributed by atoms with Crippen LogP contribution in [0.15, 0.2) is 12.3 Å². The molecule has 62 valence electrons. The van der Waals surface area contributed by atoms with Crippen LogP contribution in [0.4, 0.5) is 0 Å². The molecule has 1 rings (SSSR count). The lowest BCUT2D eigenvalue weighted by molar-refractivity contribution is 1.01. The maximum absolute atomic E-state index is 8.61. The quantitative estimate of drug-likeness (QED) is 0.664. The summed E-state index contributed by atoms with van der Waals surface area (Å²) in [5.41, 5.74) is 3.00. The van der Waals surface area contributed by atoms with E-state index in [0.29, 0.717) is 5.69 Å². The van der Waals surface area contributed by atoms with Crippen molar-refractivity contribution in [2.24, 2.45) is 0 Å². The average molecular weight is 160 g/mol. The van der Waals surface area contributed by atoms with Gasteiger partial charge in [-0.1, -0.05) is 13.8 Å². The first-order chi connectivity index (χ1) is 5.81. The van der Waals surface area contributed by atoms with Crippen LogP contribution in [-0.2, 0) is 12.8 Å². The molecule has 0 saturated carbocycles. The van der Waals surface area contributed by atoms with Crippen LogP contribution in [0, 0.1) is 11.3 Å². The van der Waals surface area contributed by atoms with Crippen LogP contribution >= 0.6 is 0 Å². The molecule has 1 heterocycles. The van der Waals surface area contributed by atoms with Gasteiger partial charge in [-0.2, -0.15) is 5.26 Å². The van der Waals surface area contributed by atoms with Crippen molar-refractivity contribution in [1.29, 1.82) is 5.26 Å². The molecule has 2 heteroatoms. The molecule has 0 radical (unpaired) electrons. The molecule has 0 aliphatic heterocycles. The molecule has 0 aliphatic rings. The van der Waals surface area contributed by atoms with Crippen LogP contribution in [0.5, 0.6) is 0 Å². The van der Waals surface area contributed by atoms with Gasteiger partial charge in [-0.3, -0.25) is 0 Å². The van der Waals surface area contributed by atoms with Crippen LogP contribution < -0.4 is 0 Å². The molecule has 0 fully saturated rings. The highest BCUT2D eigenvalue weighted by Gasteiger charge is 2.00. The van der Waals surface area contributed by atoms with Gasteiger partial charge in [0.05, 0.1) is 0 Å². The molecular formula is C10H12N2. The molecule has 0 N–H and O–H groups in total. The van der Waals surface area contributed by atoms with Gasteiger partial charge in [0, 0.05) is 6.20 Å². The molecule has 1 aromatic heterocycles. The Balaban J connectivity index is 3.13. The second-order valence-electron chi connectivity index (χ2n) is 2.66. The van der Waals surface area contributed by atoms with E-state index in [1.54, 1.807) is 6.20 Å². The minimum absolute atomic E-state index is 0.518. The van der Waals surface area contributed by atoms with Crippen LogP contribution in [0.1, 0.15) is 30.7 Å². The molecule has 0 unspecified atom stereocenters. The van der Waals surface area contributed by atoms with E-state index >= 15 is 0 Å². The van der Waals surface area contributed by atoms with Gasteiger partial charge in [-0.05, 0) is 30.0 Å². The summed E-state index contributed by atoms with van der Waals surface area (Å²) >= 11 is 0. The number of pyridine rings is 1. The Morgan fingerprint density at radius 1 is 1.33 bits per heavy atom. The molecule has 12 heavy (non-hydrogen) atoms. The highest BCUT2D eigenvalue weighted by Crippen LogP contribution is 2.10. The summed E-state index contributed by atoms with van der Waals surface area (Å²) < 4.78 is 0. The van der Waals surface area contributed by atoms with Gasteiger partial charge in [0.2, 0.25) is 0 Å². The molecule has 0 bridgehead atoms. The van der Waals surface area contributed by atoms with Crippen LogP contribution in [-0.4, -0.2) is 4.98 Å². The number of nitrogens with zero attached hydrogens (tertiary/aromatic N) is 2. The van der Waals surface area contributed by atoms with Gasteiger partial charge in [-0.25, -0.2) is 4.98 Å². The van der Waals surface area contributed by atoms with E-state index in [9.17, 15) is 0 Å². The smallest absolute Gasteiger partial charge is 0.140 e. The molecule has 2 nitrogen and oxygen atoms in total. The first kappa shape index (κ1) is 8.73. The van der Waals surface area contributed by atoms with E-state index in [4.69, 9.17) is 5.26 Å². The van der Waals surface area contributed by atoms with Crippen molar-refractivity contribution >= 4 is 0 Å². The van der Waals surface area contributed by atoms with E-state index in [1.807, 2.05) is 12.1 Å². The van der Waals surface area contributed by atoms with Gasteiger partial charge in [-0.15, -0.1) is 0 Å². The zero-order valence-electron chi connectivity index (χ0n) is 7.46. The normalized spacial score (nSPS) is 9.42. The molecule has 0 aromatic carbocycles. The Morgan fingerprint density at radius 2 is 2.00 bits per heavy atom. The van der Waals surface area contributed by atoms with Crippen molar-refractivity contribution in [3.05, 3.63) is 29.1 Å². The van der Waals surface area contributed by atoms with Crippen molar-refractivity contribution in [3.8, 4) is 6.07 Å². The number of aryl methyl sites for hydroxylation is 2. The Kier molecular flexibility index (Phi) is 2.82. The second kappa shape index (κ2) is 3.87. The monoisotopic (exact) mass is 160 g/mol. The Bertz CT molecular complexity index is 310. The zero-order valence-corrected chi connectivity index (χ0v) is 7.46. The standard InChI is InChI=1S/C10H12N2/c1-3-8-5-10(6-11)12-7-9(8)4-2/h5,7H,3-4H2,1-2H3. The summed E-state index contributed by atoms with van der Waals surface area (Å²) in [6.45, 7) is 4.19. The van der Waals surface area contributed by atoms with Crippen molar-refractivity contribution in [1.82, 2.24) is 4.98 Å². The van der Waals surface area contributed by atoms with E-state index in [0.717, 1.165) is 12.8 Å². The van der Waals surface area contributed by atoms with Gasteiger partial charge >= 0.3 is 0 Å². The molecule has 0 aliphatic carbocycles. The molecule has 0 amide bonds. The summed E-state index contributed by atoms with van der Waals surface area (Å²) in [6, 6.07) is 3.92. The van der Waals surface area contributed by atoms with Crippen LogP contribution in [0.2, 0.25) is 0 Å². The fourth-order valence-corrected chi connectivity index (χ4v) is 1.23. The predicted molar refractivity (Wildman–Crippen MR) is 47.7 cm³/mol. The molecule has 0 saturated heterocycles. The lowest BCUT2D eigenvalue weighted by atomic mass is 10.1. The third-order valence-electron chi connectivity index (χ3n) is 1.96. The minimum Gasteiger partial charge on any atom is -0.245 e. The lowest BCUT2D eigenvalue weighted by Crippen LogP contribution is -1.94. The second-order valence-corrected chi connectivity index (χ2v) is 2.66. The van der Waals surface area contributed by atoms with E-state index < -0.39 is 0 Å². The fourth-order valence-electron chi connectivity index (χ4n) is 1.23. The molecule has 0 spiro atoms. The summed E-state index contributed by atoms with van der Waals surface area (Å²) in [5, 5.41) is 8.61. The highest BCUT2D eigenvalue weighted by atomic mass is 14.7. The highest BCUT2D eigenvalue weighted by molar-refractivity contribution is 5.31. The minimum atomic E-state index is 0.518. The number of rotatable bonds is 2. The van der Waals surface area contributed by atoms with Gasteiger partial charge in [0.1, 0.15) is 11.8 Å². The maximum Gasteiger partial charge on any atom is 0.140 e. The van der Waals surface area contributed by atoms with Crippen molar-refractivity contribution in [2.75, 3.05) is 0 Å². The molecule has 1 aromatic rings. The third-order valence-corrected chi connectivity index (χ3v) is 1.96. The summed E-state index contributed by atoms with van der Waals surface area (Å²) in [5.74, 6) is 0. The molecular weight excluding hydrogens is 148 g/mol. The van der Waals surface area contributed by atoms with E-state index in [-0.39, 0.29) is 0 Å². The van der Waals surface area contributed by atoms with E-state index in [1.165, 1.54) is 11.1 Å². The topological polar surface area (TPSA) is 36.7 Å². The first-order valence-corrected chi connectivity index (χ1v) is 4.19. The Hall–Kier alpha value is -1.36. The Morgan fingerprint density at radius 3 is 2.50 bits per heavy atom. The van der Waals surface area contributed by atoms with Crippen LogP contribution in [0.25, 0.3) is 0 Å². The lowest BCUT2D eigenvalue weighted by Gasteiger charge is -2.03. The summed E-state index contributed by atoms with van der Waals surface area (Å²) in [6.07, 6.45) is 3.76. The van der Waals surface area contributed by atoms with Crippen molar-refractivity contribution < 1.29 is 0 Å². The fraction of sp³-hybridized carbons (Fsp3) is 0.400. The number of aromatic nitrogens is 1. The van der Waals surface area contributed by atoms with Crippen molar-refractivity contribution in [3.63, 3.8) is 0 Å². The largest absolute Gasteiger partial charge is 0.245 e. The maximum atomic E-state index is 8.61.